The molecule has 13 rings (SSSR count). The summed E-state index contributed by atoms with van der Waals surface area (Å²) >= 11 is 0. The van der Waals surface area contributed by atoms with Crippen LogP contribution >= 0.6 is 0 Å². The zero-order valence-electron chi connectivity index (χ0n) is 61.0. The quantitative estimate of drug-likeness (QED) is 0.0394. The van der Waals surface area contributed by atoms with E-state index in [4.69, 9.17) is 47.2 Å². The van der Waals surface area contributed by atoms with Gasteiger partial charge in [0.25, 0.3) is 6.47 Å². The zero-order valence-corrected chi connectivity index (χ0v) is 61.0. The van der Waals surface area contributed by atoms with Gasteiger partial charge in [0.1, 0.15) is 24.4 Å². The molecule has 0 amide bonds. The van der Waals surface area contributed by atoms with Gasteiger partial charge >= 0.3 is 17.9 Å². The highest BCUT2D eigenvalue weighted by molar-refractivity contribution is 5.73. The van der Waals surface area contributed by atoms with Gasteiger partial charge in [-0.1, -0.05) is 47.6 Å². The van der Waals surface area contributed by atoms with Crippen LogP contribution in [0.4, 0.5) is 0 Å². The summed E-state index contributed by atoms with van der Waals surface area (Å²) in [6.07, 6.45) is 16.4. The Labute approximate surface area is 618 Å². The first-order valence-electron chi connectivity index (χ1n) is 36.9. The normalized spacial score (nSPS) is 26.7. The Morgan fingerprint density at radius 2 is 0.802 bits per heavy atom. The molecular weight excluding hydrogens is 1360 g/mol. The Balaban J connectivity index is 0.000000151. The molecule has 5 N–H and O–H groups in total. The van der Waals surface area contributed by atoms with E-state index in [9.17, 15) is 60.5 Å². The number of carboxylic acid groups (broad SMARTS) is 3. The fraction of sp³-hybridized carbons (Fsp3) is 0.524. The molecule has 0 bridgehead atoms. The molecule has 24 nitrogen and oxygen atoms in total. The number of aliphatic hydroxyl groups is 2. The van der Waals surface area contributed by atoms with Gasteiger partial charge in [-0.25, -0.2) is 0 Å². The maximum Gasteiger partial charge on any atom is 0.306 e. The smallest absolute Gasteiger partial charge is 0.306 e. The molecule has 1 aromatic heterocycles. The number of aromatic nitrogens is 2. The molecule has 24 heteroatoms. The van der Waals surface area contributed by atoms with Crippen molar-refractivity contribution in [3.8, 4) is 86.7 Å². The second-order valence-electron chi connectivity index (χ2n) is 28.9. The molecule has 0 saturated heterocycles. The van der Waals surface area contributed by atoms with Crippen molar-refractivity contribution in [3.63, 3.8) is 0 Å². The maximum atomic E-state index is 11.2. The minimum Gasteiger partial charge on any atom is -0.493 e. The van der Waals surface area contributed by atoms with Crippen LogP contribution in [0.5, 0.6) is 46.0 Å². The van der Waals surface area contributed by atoms with Crippen molar-refractivity contribution in [1.82, 2.24) is 10.1 Å². The van der Waals surface area contributed by atoms with Crippen molar-refractivity contribution in [2.75, 3.05) is 28.4 Å². The summed E-state index contributed by atoms with van der Waals surface area (Å²) in [6, 6.07) is 38.0. The summed E-state index contributed by atoms with van der Waals surface area (Å²) in [5.74, 6) is 2.75. The Morgan fingerprint density at radius 3 is 1.16 bits per heavy atom. The average molecular weight is 1460 g/mol. The summed E-state index contributed by atoms with van der Waals surface area (Å²) in [4.78, 5) is 48.5. The Kier molecular flexibility index (Phi) is 26.9. The van der Waals surface area contributed by atoms with Gasteiger partial charge in [0.2, 0.25) is 11.7 Å². The van der Waals surface area contributed by atoms with Gasteiger partial charge in [-0.15, -0.1) is 0 Å². The average Bonchev–Trinajstić information content (AvgIpc) is 0.877. The van der Waals surface area contributed by atoms with Crippen LogP contribution in [-0.2, 0) is 40.2 Å². The van der Waals surface area contributed by atoms with E-state index in [0.29, 0.717) is 149 Å². The molecule has 6 unspecified atom stereocenters. The largest absolute Gasteiger partial charge is 0.493 e. The van der Waals surface area contributed by atoms with Crippen molar-refractivity contribution in [2.24, 2.45) is 17.8 Å². The van der Waals surface area contributed by atoms with Crippen molar-refractivity contribution >= 4 is 24.4 Å². The first-order valence-corrected chi connectivity index (χ1v) is 36.9. The van der Waals surface area contributed by atoms with Crippen LogP contribution in [0.25, 0.3) is 22.5 Å². The number of carbonyl (C=O) groups excluding carboxylic acids is 1. The molecule has 1 heterocycles. The third kappa shape index (κ3) is 19.3. The number of benzene rings is 5. The van der Waals surface area contributed by atoms with Crippen molar-refractivity contribution in [1.29, 1.82) is 15.8 Å². The summed E-state index contributed by atoms with van der Waals surface area (Å²) in [5.41, 5.74) is 3.49. The number of nitrogens with zero attached hydrogens (tertiary/aromatic N) is 5. The number of nitriles is 3. The van der Waals surface area contributed by atoms with Crippen LogP contribution in [0.2, 0.25) is 0 Å². The fourth-order valence-corrected chi connectivity index (χ4v) is 15.9. The van der Waals surface area contributed by atoms with Gasteiger partial charge in [-0.05, 0) is 224 Å². The highest BCUT2D eigenvalue weighted by atomic mass is 16.6. The van der Waals surface area contributed by atoms with E-state index in [2.05, 4.69) is 46.5 Å². The van der Waals surface area contributed by atoms with Gasteiger partial charge in [-0.3, -0.25) is 19.2 Å². The lowest BCUT2D eigenvalue weighted by atomic mass is 9.67. The number of carboxylic acids is 3. The maximum absolute atomic E-state index is 11.2. The third-order valence-corrected chi connectivity index (χ3v) is 22.3. The van der Waals surface area contributed by atoms with Crippen molar-refractivity contribution < 1.29 is 91.9 Å². The lowest BCUT2D eigenvalue weighted by molar-refractivity contribution is -0.144. The number of hydrogen-bond acceptors (Lipinski definition) is 21. The molecule has 7 saturated carbocycles. The monoisotopic (exact) mass is 1460 g/mol. The second-order valence-corrected chi connectivity index (χ2v) is 28.9. The number of ether oxygens (including phenoxy) is 9. The molecule has 564 valence electrons. The fourth-order valence-electron chi connectivity index (χ4n) is 15.9. The summed E-state index contributed by atoms with van der Waals surface area (Å²) in [7, 11) is 6.38. The van der Waals surface area contributed by atoms with Crippen LogP contribution in [-0.4, -0.2) is 131 Å². The molecule has 0 spiro atoms. The minimum absolute atomic E-state index is 0.0602. The molecule has 106 heavy (non-hydrogen) atoms. The highest BCUT2D eigenvalue weighted by Crippen LogP contribution is 2.49. The van der Waals surface area contributed by atoms with Crippen LogP contribution < -0.4 is 37.9 Å². The first-order chi connectivity index (χ1) is 51.2. The van der Waals surface area contributed by atoms with Crippen LogP contribution in [0.1, 0.15) is 183 Å². The Morgan fingerprint density at radius 1 is 0.443 bits per heavy atom. The third-order valence-electron chi connectivity index (χ3n) is 22.3. The molecule has 7 aliphatic carbocycles. The number of hydrogen-bond donors (Lipinski definition) is 5. The lowest BCUT2D eigenvalue weighted by Gasteiger charge is -2.34. The molecule has 6 aromatic rings. The number of aliphatic hydroxyl groups excluding tert-OH is 2. The van der Waals surface area contributed by atoms with Gasteiger partial charge in [0.15, 0.2) is 46.0 Å². The van der Waals surface area contributed by atoms with Crippen LogP contribution in [0.15, 0.2) is 102 Å². The van der Waals surface area contributed by atoms with E-state index in [-0.39, 0.29) is 60.5 Å². The number of aryl methyl sites for hydroxylation is 1. The van der Waals surface area contributed by atoms with E-state index >= 15 is 0 Å². The van der Waals surface area contributed by atoms with E-state index in [1.54, 1.807) is 53.6 Å². The standard InChI is InChI=1S/C21H22N2O3.C21H25NO6.2C20H25NO5/c1-14-22-21(23-26-14)17-7-5-6-15(12-17)16-10-11-19(24-2)20(13-16)25-18-8-3-4-9-18;1-26-18-5-2-15(21(12-22)8-6-14(7-9-21)20(24)25)10-19(18)28-17-4-3-16(11-17)27-13-23;2*1-25-17-5-2-14(10-18(17)26-16-4-3-15(22)11-16)20(12-21)8-6-13(7-9-20)19(23)24/h5-7,10-13,18H,3-4,8-9H2,1-2H3;2,5,10,13-14,16-17H,3-4,6-9,11H2,1H3,(H,24,25);2*2,5,10,13,15-16,22H,3-4,6-9,11H2,1H3,(H,23,24). The van der Waals surface area contributed by atoms with Gasteiger partial charge < -0.3 is 72.7 Å². The van der Waals surface area contributed by atoms with E-state index in [0.717, 1.165) is 96.2 Å². The van der Waals surface area contributed by atoms with Crippen LogP contribution in [0.3, 0.4) is 0 Å². The summed E-state index contributed by atoms with van der Waals surface area (Å²) in [6.45, 7) is 2.26. The molecular formula is C82H97N5O19. The summed E-state index contributed by atoms with van der Waals surface area (Å²) < 4.78 is 56.3. The molecule has 5 aromatic carbocycles. The minimum atomic E-state index is -0.793. The van der Waals surface area contributed by atoms with E-state index in [1.807, 2.05) is 60.7 Å². The molecule has 0 aliphatic heterocycles. The molecule has 7 fully saturated rings. The number of aliphatic carboxylic acids is 3. The van der Waals surface area contributed by atoms with E-state index in [1.165, 1.54) is 12.8 Å². The highest BCUT2D eigenvalue weighted by Gasteiger charge is 2.43. The predicted octanol–water partition coefficient (Wildman–Crippen LogP) is 14.3. The summed E-state index contributed by atoms with van der Waals surface area (Å²) in [5, 5.41) is 80.7. The number of rotatable bonds is 22. The first kappa shape index (κ1) is 78.5. The van der Waals surface area contributed by atoms with Gasteiger partial charge in [0.05, 0.1) is 99.0 Å². The second kappa shape index (κ2) is 36.3. The van der Waals surface area contributed by atoms with Crippen molar-refractivity contribution in [2.45, 2.75) is 226 Å². The Hall–Kier alpha value is -10.1. The lowest BCUT2D eigenvalue weighted by Crippen LogP contribution is -2.33. The number of carbonyl (C=O) groups is 4. The van der Waals surface area contributed by atoms with Gasteiger partial charge in [0, 0.05) is 31.7 Å². The molecule has 6 atom stereocenters. The predicted molar refractivity (Wildman–Crippen MR) is 387 cm³/mol. The molecule has 0 radical (unpaired) electrons. The SMILES string of the molecule is COc1ccc(-c2cccc(-c3noc(C)n3)c2)cc1OC1CCCC1.COc1ccc(C2(C#N)CCC(C(=O)O)CC2)cc1OC1CCC(O)C1.COc1ccc(C2(C#N)CCC(C(=O)O)CC2)cc1OC1CCC(O)C1.COc1ccc(C2(C#N)CCC(C(=O)O)CC2)cc1OC1CCC(OC=O)C1. The number of methoxy groups -OCH3 is 4. The van der Waals surface area contributed by atoms with Gasteiger partial charge in [-0.2, -0.15) is 20.8 Å². The van der Waals surface area contributed by atoms with E-state index < -0.39 is 34.2 Å². The Bertz CT molecular complexity index is 3990. The zero-order chi connectivity index (χ0) is 75.5. The van der Waals surface area contributed by atoms with Crippen LogP contribution in [0, 0.1) is 58.7 Å². The topological polar surface area (TPSA) is 363 Å². The van der Waals surface area contributed by atoms with Crippen molar-refractivity contribution in [3.05, 3.63) is 120 Å². The molecule has 7 aliphatic rings.